The molecule has 3 N–H and O–H groups in total. The molecule has 0 bridgehead atoms. The molecule has 0 spiro atoms. The van der Waals surface area contributed by atoms with E-state index in [-0.39, 0.29) is 24.2 Å². The number of amides is 2. The minimum Gasteiger partial charge on any atom is -0.444 e. The van der Waals surface area contributed by atoms with Crippen molar-refractivity contribution in [3.05, 3.63) is 29.5 Å². The van der Waals surface area contributed by atoms with Crippen molar-refractivity contribution in [2.24, 2.45) is 11.7 Å². The van der Waals surface area contributed by atoms with Crippen molar-refractivity contribution in [3.63, 3.8) is 0 Å². The first-order chi connectivity index (χ1) is 12.2. The van der Waals surface area contributed by atoms with Gasteiger partial charge in [-0.15, -0.1) is 11.3 Å². The van der Waals surface area contributed by atoms with Crippen LogP contribution in [-0.4, -0.2) is 47.9 Å². The lowest BCUT2D eigenvalue weighted by atomic mass is 9.96. The summed E-state index contributed by atoms with van der Waals surface area (Å²) in [7, 11) is 0. The quantitative estimate of drug-likeness (QED) is 0.805. The fourth-order valence-electron chi connectivity index (χ4n) is 2.93. The predicted molar refractivity (Wildman–Crippen MR) is 94.9 cm³/mol. The van der Waals surface area contributed by atoms with Crippen LogP contribution in [0, 0.1) is 5.92 Å². The molecule has 7 nitrogen and oxygen atoms in total. The van der Waals surface area contributed by atoms with E-state index in [1.807, 2.05) is 17.5 Å². The standard InChI is InChI=1S/C17H22N4O3S/c18-5-6-19-16(23)12-3-1-7-21(10-12)15(22)9-13-11-24-17(20-13)14-4-2-8-25-14/h2,4,8,11-12H,1,3,5-7,9-10,18H2,(H,19,23). The van der Waals surface area contributed by atoms with Gasteiger partial charge in [0.25, 0.3) is 0 Å². The molecule has 1 saturated heterocycles. The smallest absolute Gasteiger partial charge is 0.236 e. The summed E-state index contributed by atoms with van der Waals surface area (Å²) in [6.07, 6.45) is 3.34. The number of rotatable bonds is 6. The second-order valence-electron chi connectivity index (χ2n) is 6.06. The van der Waals surface area contributed by atoms with Gasteiger partial charge in [-0.25, -0.2) is 4.98 Å². The number of thiophene rings is 1. The number of nitrogens with zero attached hydrogens (tertiary/aromatic N) is 2. The number of hydrogen-bond donors (Lipinski definition) is 2. The Labute approximate surface area is 150 Å². The van der Waals surface area contributed by atoms with Gasteiger partial charge in [0, 0.05) is 26.2 Å². The molecule has 2 aromatic heterocycles. The van der Waals surface area contributed by atoms with Gasteiger partial charge < -0.3 is 20.4 Å². The van der Waals surface area contributed by atoms with E-state index in [1.165, 1.54) is 6.26 Å². The number of carbonyl (C=O) groups excluding carboxylic acids is 2. The van der Waals surface area contributed by atoms with E-state index in [0.717, 1.165) is 17.7 Å². The Balaban J connectivity index is 1.56. The molecule has 0 aromatic carbocycles. The maximum absolute atomic E-state index is 12.5. The van der Waals surface area contributed by atoms with E-state index < -0.39 is 0 Å². The number of nitrogens with two attached hydrogens (primary N) is 1. The van der Waals surface area contributed by atoms with Crippen molar-refractivity contribution >= 4 is 23.2 Å². The molecule has 3 heterocycles. The summed E-state index contributed by atoms with van der Waals surface area (Å²) in [5.41, 5.74) is 6.02. The van der Waals surface area contributed by atoms with E-state index in [1.54, 1.807) is 16.2 Å². The third-order valence-corrected chi connectivity index (χ3v) is 5.06. The highest BCUT2D eigenvalue weighted by atomic mass is 32.1. The van der Waals surface area contributed by atoms with Gasteiger partial charge in [0.15, 0.2) is 0 Å². The van der Waals surface area contributed by atoms with Gasteiger partial charge in [-0.1, -0.05) is 6.07 Å². The van der Waals surface area contributed by atoms with Gasteiger partial charge in [0.05, 0.1) is 22.9 Å². The Morgan fingerprint density at radius 1 is 1.48 bits per heavy atom. The van der Waals surface area contributed by atoms with E-state index >= 15 is 0 Å². The lowest BCUT2D eigenvalue weighted by Crippen LogP contribution is -2.46. The third kappa shape index (κ3) is 4.46. The van der Waals surface area contributed by atoms with Crippen LogP contribution in [0.15, 0.2) is 28.2 Å². The first kappa shape index (κ1) is 17.6. The van der Waals surface area contributed by atoms with Crippen molar-refractivity contribution in [2.75, 3.05) is 26.2 Å². The second kappa shape index (κ2) is 8.26. The number of carbonyl (C=O) groups is 2. The monoisotopic (exact) mass is 362 g/mol. The minimum absolute atomic E-state index is 0.0237. The molecule has 1 unspecified atom stereocenters. The SMILES string of the molecule is NCCNC(=O)C1CCCN(C(=O)Cc2coc(-c3cccs3)n2)C1. The number of oxazole rings is 1. The van der Waals surface area contributed by atoms with Crippen LogP contribution in [-0.2, 0) is 16.0 Å². The highest BCUT2D eigenvalue weighted by Crippen LogP contribution is 2.24. The van der Waals surface area contributed by atoms with Crippen LogP contribution in [0.5, 0.6) is 0 Å². The minimum atomic E-state index is -0.164. The zero-order valence-corrected chi connectivity index (χ0v) is 14.8. The molecular formula is C17H22N4O3S. The number of likely N-dealkylation sites (tertiary alicyclic amines) is 1. The summed E-state index contributed by atoms with van der Waals surface area (Å²) in [6, 6.07) is 3.86. The highest BCUT2D eigenvalue weighted by molar-refractivity contribution is 7.13. The lowest BCUT2D eigenvalue weighted by molar-refractivity contribution is -0.135. The summed E-state index contributed by atoms with van der Waals surface area (Å²) in [5.74, 6) is 0.324. The molecule has 0 radical (unpaired) electrons. The van der Waals surface area contributed by atoms with Crippen LogP contribution in [0.1, 0.15) is 18.5 Å². The molecule has 1 aliphatic rings. The Hall–Kier alpha value is -2.19. The van der Waals surface area contributed by atoms with Gasteiger partial charge in [-0.2, -0.15) is 0 Å². The summed E-state index contributed by atoms with van der Waals surface area (Å²) in [5, 5.41) is 4.75. The maximum atomic E-state index is 12.5. The van der Waals surface area contributed by atoms with E-state index in [0.29, 0.717) is 37.8 Å². The maximum Gasteiger partial charge on any atom is 0.236 e. The van der Waals surface area contributed by atoms with Gasteiger partial charge in [0.1, 0.15) is 6.26 Å². The van der Waals surface area contributed by atoms with Gasteiger partial charge in [-0.3, -0.25) is 9.59 Å². The molecule has 3 rings (SSSR count). The van der Waals surface area contributed by atoms with Crippen LogP contribution in [0.2, 0.25) is 0 Å². The molecule has 25 heavy (non-hydrogen) atoms. The van der Waals surface area contributed by atoms with Crippen LogP contribution in [0.25, 0.3) is 10.8 Å². The molecular weight excluding hydrogens is 340 g/mol. The van der Waals surface area contributed by atoms with Gasteiger partial charge >= 0.3 is 0 Å². The van der Waals surface area contributed by atoms with E-state index in [4.69, 9.17) is 10.2 Å². The molecule has 2 amide bonds. The van der Waals surface area contributed by atoms with Gasteiger partial charge in [-0.05, 0) is 24.3 Å². The van der Waals surface area contributed by atoms with Crippen LogP contribution in [0.3, 0.4) is 0 Å². The molecule has 2 aromatic rings. The van der Waals surface area contributed by atoms with Crippen molar-refractivity contribution < 1.29 is 14.0 Å². The number of aromatic nitrogens is 1. The molecule has 134 valence electrons. The Morgan fingerprint density at radius 2 is 2.36 bits per heavy atom. The Morgan fingerprint density at radius 3 is 3.12 bits per heavy atom. The van der Waals surface area contributed by atoms with Crippen molar-refractivity contribution in [1.82, 2.24) is 15.2 Å². The fourth-order valence-corrected chi connectivity index (χ4v) is 3.58. The average molecular weight is 362 g/mol. The molecule has 0 saturated carbocycles. The average Bonchev–Trinajstić information content (AvgIpc) is 3.31. The molecule has 1 aliphatic heterocycles. The third-order valence-electron chi connectivity index (χ3n) is 4.20. The highest BCUT2D eigenvalue weighted by Gasteiger charge is 2.28. The van der Waals surface area contributed by atoms with Crippen LogP contribution in [0.4, 0.5) is 0 Å². The fraction of sp³-hybridized carbons (Fsp3) is 0.471. The van der Waals surface area contributed by atoms with Crippen LogP contribution >= 0.6 is 11.3 Å². The lowest BCUT2D eigenvalue weighted by Gasteiger charge is -2.32. The number of nitrogens with one attached hydrogen (secondary N) is 1. The largest absolute Gasteiger partial charge is 0.444 e. The summed E-state index contributed by atoms with van der Waals surface area (Å²) in [4.78, 5) is 31.7. The second-order valence-corrected chi connectivity index (χ2v) is 7.00. The summed E-state index contributed by atoms with van der Waals surface area (Å²) >= 11 is 1.54. The van der Waals surface area contributed by atoms with Crippen molar-refractivity contribution in [1.29, 1.82) is 0 Å². The number of piperidine rings is 1. The predicted octanol–water partition coefficient (Wildman–Crippen LogP) is 1.26. The normalized spacial score (nSPS) is 17.5. The first-order valence-electron chi connectivity index (χ1n) is 8.41. The van der Waals surface area contributed by atoms with Crippen molar-refractivity contribution in [2.45, 2.75) is 19.3 Å². The summed E-state index contributed by atoms with van der Waals surface area (Å²) in [6.45, 7) is 2.01. The van der Waals surface area contributed by atoms with Crippen LogP contribution < -0.4 is 11.1 Å². The Bertz CT molecular complexity index is 713. The molecule has 0 aliphatic carbocycles. The zero-order chi connectivity index (χ0) is 17.6. The Kier molecular flexibility index (Phi) is 5.83. The van der Waals surface area contributed by atoms with Gasteiger partial charge in [0.2, 0.25) is 17.7 Å². The topological polar surface area (TPSA) is 101 Å². The van der Waals surface area contributed by atoms with E-state index in [9.17, 15) is 9.59 Å². The molecule has 1 fully saturated rings. The molecule has 1 atom stereocenters. The molecule has 8 heteroatoms. The van der Waals surface area contributed by atoms with Crippen molar-refractivity contribution in [3.8, 4) is 10.8 Å². The zero-order valence-electron chi connectivity index (χ0n) is 13.9. The van der Waals surface area contributed by atoms with E-state index in [2.05, 4.69) is 10.3 Å². The first-order valence-corrected chi connectivity index (χ1v) is 9.29. The number of hydrogen-bond acceptors (Lipinski definition) is 6. The summed E-state index contributed by atoms with van der Waals surface area (Å²) < 4.78 is 5.45.